The highest BCUT2D eigenvalue weighted by atomic mass is 16.5. The zero-order valence-electron chi connectivity index (χ0n) is 23.5. The van der Waals surface area contributed by atoms with Gasteiger partial charge in [-0.15, -0.1) is 0 Å². The Morgan fingerprint density at radius 2 is 0.929 bits per heavy atom. The Bertz CT molecular complexity index is 1380. The van der Waals surface area contributed by atoms with E-state index in [1.165, 1.54) is 0 Å². The van der Waals surface area contributed by atoms with Crippen LogP contribution in [0.5, 0.6) is 0 Å². The maximum Gasteiger partial charge on any atom is 0.323 e. The van der Waals surface area contributed by atoms with Gasteiger partial charge < -0.3 is 14.2 Å². The Morgan fingerprint density at radius 1 is 0.524 bits per heavy atom. The number of hydrogen-bond acceptors (Lipinski definition) is 7. The molecule has 42 heavy (non-hydrogen) atoms. The third-order valence-corrected chi connectivity index (χ3v) is 6.60. The molecular formula is C35H35NO6. The zero-order valence-corrected chi connectivity index (χ0v) is 23.5. The number of rotatable bonds is 15. The fraction of sp³-hybridized carbons (Fsp3) is 0.229. The molecule has 0 radical (unpaired) electrons. The van der Waals surface area contributed by atoms with Crippen molar-refractivity contribution in [2.24, 2.45) is 0 Å². The van der Waals surface area contributed by atoms with Crippen LogP contribution in [0.25, 0.3) is 0 Å². The van der Waals surface area contributed by atoms with Crippen molar-refractivity contribution in [3.05, 3.63) is 144 Å². The number of nitrogens with zero attached hydrogens (tertiary/aromatic N) is 1. The average molecular weight is 566 g/mol. The molecule has 0 aliphatic heterocycles. The molecule has 0 aliphatic rings. The smallest absolute Gasteiger partial charge is 0.323 e. The zero-order chi connectivity index (χ0) is 29.4. The highest BCUT2D eigenvalue weighted by Gasteiger charge is 2.30. The Balaban J connectivity index is 1.47. The maximum absolute atomic E-state index is 13.5. The van der Waals surface area contributed by atoms with Gasteiger partial charge in [-0.05, 0) is 28.7 Å². The van der Waals surface area contributed by atoms with Crippen LogP contribution in [0.4, 0.5) is 0 Å². The lowest BCUT2D eigenvalue weighted by Gasteiger charge is -2.29. The molecule has 0 N–H and O–H groups in total. The van der Waals surface area contributed by atoms with Crippen LogP contribution in [0.3, 0.4) is 0 Å². The van der Waals surface area contributed by atoms with Crippen LogP contribution in [0, 0.1) is 0 Å². The van der Waals surface area contributed by atoms with E-state index >= 15 is 0 Å². The largest absolute Gasteiger partial charge is 0.461 e. The molecule has 4 aromatic carbocycles. The third-order valence-electron chi connectivity index (χ3n) is 6.60. The molecule has 7 heteroatoms. The van der Waals surface area contributed by atoms with Crippen LogP contribution >= 0.6 is 0 Å². The Kier molecular flexibility index (Phi) is 11.9. The number of hydrogen-bond donors (Lipinski definition) is 0. The molecule has 0 spiro atoms. The Morgan fingerprint density at radius 3 is 1.40 bits per heavy atom. The van der Waals surface area contributed by atoms with Gasteiger partial charge in [0.1, 0.15) is 25.9 Å². The molecule has 0 aromatic heterocycles. The lowest BCUT2D eigenvalue weighted by molar-refractivity contribution is -0.156. The van der Waals surface area contributed by atoms with Gasteiger partial charge >= 0.3 is 17.9 Å². The topological polar surface area (TPSA) is 82.1 Å². The summed E-state index contributed by atoms with van der Waals surface area (Å²) in [4.78, 5) is 41.0. The number of carbonyl (C=O) groups excluding carboxylic acids is 3. The van der Waals surface area contributed by atoms with Crippen LogP contribution in [0.1, 0.15) is 35.1 Å². The predicted molar refractivity (Wildman–Crippen MR) is 159 cm³/mol. The summed E-state index contributed by atoms with van der Waals surface area (Å²) in [7, 11) is 0. The molecule has 0 amide bonds. The summed E-state index contributed by atoms with van der Waals surface area (Å²) in [5, 5.41) is 0. The van der Waals surface area contributed by atoms with Crippen LogP contribution in [0.15, 0.2) is 121 Å². The highest BCUT2D eigenvalue weighted by Crippen LogP contribution is 2.17. The van der Waals surface area contributed by atoms with Gasteiger partial charge in [0.2, 0.25) is 0 Å². The molecule has 0 heterocycles. The first-order valence-electron chi connectivity index (χ1n) is 13.9. The van der Waals surface area contributed by atoms with Crippen molar-refractivity contribution in [3.8, 4) is 0 Å². The summed E-state index contributed by atoms with van der Waals surface area (Å²) in [5.74, 6) is -1.45. The van der Waals surface area contributed by atoms with Crippen LogP contribution in [-0.2, 0) is 55.0 Å². The maximum atomic E-state index is 13.5. The molecule has 7 nitrogen and oxygen atoms in total. The molecule has 216 valence electrons. The van der Waals surface area contributed by atoms with E-state index in [-0.39, 0.29) is 45.8 Å². The summed E-state index contributed by atoms with van der Waals surface area (Å²) < 4.78 is 16.7. The third kappa shape index (κ3) is 10.3. The minimum Gasteiger partial charge on any atom is -0.461 e. The molecule has 0 saturated heterocycles. The first kappa shape index (κ1) is 30.2. The number of carbonyl (C=O) groups is 3. The summed E-state index contributed by atoms with van der Waals surface area (Å²) in [5.41, 5.74) is 3.47. The molecular weight excluding hydrogens is 530 g/mol. The van der Waals surface area contributed by atoms with Gasteiger partial charge in [0.25, 0.3) is 0 Å². The van der Waals surface area contributed by atoms with E-state index in [0.717, 1.165) is 22.3 Å². The van der Waals surface area contributed by atoms with E-state index in [1.807, 2.05) is 121 Å². The van der Waals surface area contributed by atoms with Crippen molar-refractivity contribution in [3.63, 3.8) is 0 Å². The lowest BCUT2D eigenvalue weighted by atomic mass is 10.1. The first-order valence-corrected chi connectivity index (χ1v) is 13.9. The minimum atomic E-state index is -0.887. The fourth-order valence-corrected chi connectivity index (χ4v) is 4.38. The van der Waals surface area contributed by atoms with Crippen molar-refractivity contribution in [2.75, 3.05) is 6.54 Å². The van der Waals surface area contributed by atoms with Gasteiger partial charge in [-0.1, -0.05) is 121 Å². The first-order chi connectivity index (χ1) is 20.6. The second-order valence-corrected chi connectivity index (χ2v) is 9.83. The van der Waals surface area contributed by atoms with Crippen molar-refractivity contribution in [1.82, 2.24) is 4.90 Å². The van der Waals surface area contributed by atoms with Gasteiger partial charge in [-0.2, -0.15) is 0 Å². The number of ether oxygens (including phenoxy) is 3. The monoisotopic (exact) mass is 565 g/mol. The van der Waals surface area contributed by atoms with Gasteiger partial charge in [-0.25, -0.2) is 0 Å². The lowest BCUT2D eigenvalue weighted by Crippen LogP contribution is -2.45. The minimum absolute atomic E-state index is 0.0255. The standard InChI is InChI=1S/C35H35NO6/c37-33(40-25-29-15-7-2-8-16-29)22-21-32(35(39)42-27-31-19-11-4-12-20-31)36(23-28-13-5-1-6-14-28)24-34(38)41-26-30-17-9-3-10-18-30/h1-20,32H,21-27H2. The quantitative estimate of drug-likeness (QED) is 0.132. The van der Waals surface area contributed by atoms with Crippen molar-refractivity contribution < 1.29 is 28.6 Å². The van der Waals surface area contributed by atoms with Crippen LogP contribution in [-0.4, -0.2) is 35.4 Å². The molecule has 1 atom stereocenters. The van der Waals surface area contributed by atoms with E-state index in [2.05, 4.69) is 0 Å². The molecule has 0 aliphatic carbocycles. The fourth-order valence-electron chi connectivity index (χ4n) is 4.38. The Hall–Kier alpha value is -4.75. The predicted octanol–water partition coefficient (Wildman–Crippen LogP) is 5.87. The van der Waals surface area contributed by atoms with E-state index in [0.29, 0.717) is 0 Å². The summed E-state index contributed by atoms with van der Waals surface area (Å²) in [6.45, 7) is 0.458. The summed E-state index contributed by atoms with van der Waals surface area (Å²) in [6.07, 6.45) is 0.0856. The molecule has 1 unspecified atom stereocenters. The second kappa shape index (κ2) is 16.5. The van der Waals surface area contributed by atoms with Crippen molar-refractivity contribution in [1.29, 1.82) is 0 Å². The SMILES string of the molecule is O=C(CCC(C(=O)OCc1ccccc1)N(CC(=O)OCc1ccccc1)Cc1ccccc1)OCc1ccccc1. The van der Waals surface area contributed by atoms with Gasteiger partial charge in [-0.3, -0.25) is 19.3 Å². The average Bonchev–Trinajstić information content (AvgIpc) is 3.04. The van der Waals surface area contributed by atoms with Gasteiger partial charge in [0.05, 0.1) is 6.54 Å². The number of benzene rings is 4. The Labute approximate surface area is 246 Å². The van der Waals surface area contributed by atoms with Gasteiger partial charge in [0, 0.05) is 13.0 Å². The second-order valence-electron chi connectivity index (χ2n) is 9.83. The van der Waals surface area contributed by atoms with E-state index in [4.69, 9.17) is 14.2 Å². The number of esters is 3. The van der Waals surface area contributed by atoms with Crippen molar-refractivity contribution in [2.45, 2.75) is 45.2 Å². The van der Waals surface area contributed by atoms with Gasteiger partial charge in [0.15, 0.2) is 0 Å². The normalized spacial score (nSPS) is 11.5. The molecule has 0 bridgehead atoms. The van der Waals surface area contributed by atoms with E-state index < -0.39 is 23.9 Å². The van der Waals surface area contributed by atoms with Crippen LogP contribution < -0.4 is 0 Å². The van der Waals surface area contributed by atoms with Crippen molar-refractivity contribution >= 4 is 17.9 Å². The molecule has 4 aromatic rings. The molecule has 0 fully saturated rings. The van der Waals surface area contributed by atoms with E-state index in [1.54, 1.807) is 4.90 Å². The molecule has 0 saturated carbocycles. The highest BCUT2D eigenvalue weighted by molar-refractivity contribution is 5.79. The van der Waals surface area contributed by atoms with E-state index in [9.17, 15) is 14.4 Å². The molecule has 4 rings (SSSR count). The van der Waals surface area contributed by atoms with Crippen LogP contribution in [0.2, 0.25) is 0 Å². The summed E-state index contributed by atoms with van der Waals surface area (Å²) in [6, 6.07) is 36.8. The summed E-state index contributed by atoms with van der Waals surface area (Å²) >= 11 is 0.